The van der Waals surface area contributed by atoms with Gasteiger partial charge in [0.15, 0.2) is 0 Å². The summed E-state index contributed by atoms with van der Waals surface area (Å²) in [4.78, 5) is 0. The second kappa shape index (κ2) is 8.66. The average molecular weight is 237 g/mol. The molecule has 0 amide bonds. The second-order valence-electron chi connectivity index (χ2n) is 4.09. The summed E-state index contributed by atoms with van der Waals surface area (Å²) in [6.07, 6.45) is 5.95. The topological polar surface area (TPSA) is 12.0 Å². The molecule has 0 aliphatic carbocycles. The lowest BCUT2D eigenvalue weighted by Gasteiger charge is -2.16. The molecule has 16 heavy (non-hydrogen) atoms. The van der Waals surface area contributed by atoms with Crippen molar-refractivity contribution in [2.45, 2.75) is 32.2 Å². The van der Waals surface area contributed by atoms with Crippen LogP contribution < -0.4 is 5.32 Å². The van der Waals surface area contributed by atoms with Crippen LogP contribution in [0.4, 0.5) is 0 Å². The van der Waals surface area contributed by atoms with E-state index in [1.54, 1.807) is 0 Å². The first-order chi connectivity index (χ1) is 7.86. The number of rotatable bonds is 8. The summed E-state index contributed by atoms with van der Waals surface area (Å²) in [5, 5.41) is 3.55. The first kappa shape index (κ1) is 13.6. The molecule has 0 aliphatic heterocycles. The molecule has 1 aromatic carbocycles. The van der Waals surface area contributed by atoms with Crippen LogP contribution in [0.25, 0.3) is 0 Å². The predicted molar refractivity (Wildman–Crippen MR) is 75.2 cm³/mol. The molecule has 1 N–H and O–H groups in total. The van der Waals surface area contributed by atoms with Crippen LogP contribution in [-0.4, -0.2) is 24.6 Å². The highest BCUT2D eigenvalue weighted by molar-refractivity contribution is 7.98. The summed E-state index contributed by atoms with van der Waals surface area (Å²) in [5.41, 5.74) is 1.46. The molecule has 2 heteroatoms. The molecule has 0 spiro atoms. The van der Waals surface area contributed by atoms with Gasteiger partial charge in [0.2, 0.25) is 0 Å². The van der Waals surface area contributed by atoms with E-state index in [0.717, 1.165) is 6.54 Å². The Labute approximate surface area is 104 Å². The van der Waals surface area contributed by atoms with E-state index < -0.39 is 0 Å². The Bertz CT molecular complexity index is 255. The van der Waals surface area contributed by atoms with Gasteiger partial charge >= 0.3 is 0 Å². The molecule has 90 valence electrons. The smallest absolute Gasteiger partial charge is 0.0158 e. The lowest BCUT2D eigenvalue weighted by Crippen LogP contribution is -2.31. The van der Waals surface area contributed by atoms with Gasteiger partial charge < -0.3 is 5.32 Å². The Balaban J connectivity index is 2.22. The number of nitrogens with one attached hydrogen (secondary N) is 1. The third-order valence-corrected chi connectivity index (χ3v) is 3.46. The SMILES string of the molecule is CCNC(CCCc1ccccc1)CSC. The van der Waals surface area contributed by atoms with Gasteiger partial charge in [-0.2, -0.15) is 11.8 Å². The van der Waals surface area contributed by atoms with Crippen molar-refractivity contribution in [3.63, 3.8) is 0 Å². The van der Waals surface area contributed by atoms with Crippen molar-refractivity contribution in [3.05, 3.63) is 35.9 Å². The number of aryl methyl sites for hydroxylation is 1. The zero-order chi connectivity index (χ0) is 11.6. The maximum Gasteiger partial charge on any atom is 0.0158 e. The van der Waals surface area contributed by atoms with Gasteiger partial charge in [-0.05, 0) is 37.6 Å². The summed E-state index contributed by atoms with van der Waals surface area (Å²) < 4.78 is 0. The second-order valence-corrected chi connectivity index (χ2v) is 5.00. The van der Waals surface area contributed by atoms with E-state index in [2.05, 4.69) is 48.8 Å². The third kappa shape index (κ3) is 5.57. The largest absolute Gasteiger partial charge is 0.313 e. The fraction of sp³-hybridized carbons (Fsp3) is 0.571. The molecule has 0 bridgehead atoms. The molecule has 0 aromatic heterocycles. The molecule has 1 rings (SSSR count). The molecular formula is C14H23NS. The van der Waals surface area contributed by atoms with E-state index in [1.165, 1.54) is 30.6 Å². The maximum atomic E-state index is 3.55. The standard InChI is InChI=1S/C14H23NS/c1-3-15-14(12-16-2)11-7-10-13-8-5-4-6-9-13/h4-6,8-9,14-15H,3,7,10-12H2,1-2H3. The van der Waals surface area contributed by atoms with Gasteiger partial charge in [-0.25, -0.2) is 0 Å². The molecule has 1 nitrogen and oxygen atoms in total. The van der Waals surface area contributed by atoms with Crippen LogP contribution in [0.2, 0.25) is 0 Å². The molecule has 0 fully saturated rings. The molecule has 1 aromatic rings. The minimum Gasteiger partial charge on any atom is -0.313 e. The summed E-state index contributed by atoms with van der Waals surface area (Å²) in [5.74, 6) is 1.22. The number of benzene rings is 1. The van der Waals surface area contributed by atoms with Crippen LogP contribution in [0.15, 0.2) is 30.3 Å². The first-order valence-electron chi connectivity index (χ1n) is 6.13. The van der Waals surface area contributed by atoms with Crippen molar-refractivity contribution in [2.24, 2.45) is 0 Å². The Morgan fingerprint density at radius 2 is 2.00 bits per heavy atom. The van der Waals surface area contributed by atoms with Crippen LogP contribution in [0.3, 0.4) is 0 Å². The van der Waals surface area contributed by atoms with Gasteiger partial charge in [0, 0.05) is 11.8 Å². The third-order valence-electron chi connectivity index (χ3n) is 2.72. The number of hydrogen-bond acceptors (Lipinski definition) is 2. The van der Waals surface area contributed by atoms with Crippen LogP contribution in [0.1, 0.15) is 25.3 Å². The quantitative estimate of drug-likeness (QED) is 0.744. The summed E-state index contributed by atoms with van der Waals surface area (Å²) >= 11 is 1.93. The van der Waals surface area contributed by atoms with Crippen molar-refractivity contribution in [1.82, 2.24) is 5.32 Å². The highest BCUT2D eigenvalue weighted by Crippen LogP contribution is 2.09. The highest BCUT2D eigenvalue weighted by atomic mass is 32.2. The van der Waals surface area contributed by atoms with Gasteiger partial charge in [-0.3, -0.25) is 0 Å². The monoisotopic (exact) mass is 237 g/mol. The van der Waals surface area contributed by atoms with Gasteiger partial charge in [0.25, 0.3) is 0 Å². The predicted octanol–water partition coefficient (Wildman–Crippen LogP) is 3.35. The van der Waals surface area contributed by atoms with Gasteiger partial charge in [-0.1, -0.05) is 37.3 Å². The van der Waals surface area contributed by atoms with Crippen molar-refractivity contribution < 1.29 is 0 Å². The van der Waals surface area contributed by atoms with Gasteiger partial charge in [-0.15, -0.1) is 0 Å². The van der Waals surface area contributed by atoms with Crippen molar-refractivity contribution >= 4 is 11.8 Å². The van der Waals surface area contributed by atoms with Gasteiger partial charge in [0.05, 0.1) is 0 Å². The van der Waals surface area contributed by atoms with Crippen LogP contribution in [-0.2, 0) is 6.42 Å². The normalized spacial score (nSPS) is 12.6. The van der Waals surface area contributed by atoms with Crippen molar-refractivity contribution in [3.8, 4) is 0 Å². The summed E-state index contributed by atoms with van der Waals surface area (Å²) in [6, 6.07) is 11.5. The van der Waals surface area contributed by atoms with E-state index in [-0.39, 0.29) is 0 Å². The molecular weight excluding hydrogens is 214 g/mol. The van der Waals surface area contributed by atoms with Crippen LogP contribution >= 0.6 is 11.8 Å². The minimum absolute atomic E-state index is 0.684. The molecule has 0 saturated heterocycles. The van der Waals surface area contributed by atoms with E-state index in [4.69, 9.17) is 0 Å². The van der Waals surface area contributed by atoms with Crippen molar-refractivity contribution in [2.75, 3.05) is 18.6 Å². The van der Waals surface area contributed by atoms with E-state index >= 15 is 0 Å². The Hall–Kier alpha value is -0.470. The zero-order valence-corrected chi connectivity index (χ0v) is 11.2. The maximum absolute atomic E-state index is 3.55. The molecule has 0 saturated carbocycles. The fourth-order valence-corrected chi connectivity index (χ4v) is 2.62. The molecule has 1 unspecified atom stereocenters. The summed E-state index contributed by atoms with van der Waals surface area (Å²) in [7, 11) is 0. The number of hydrogen-bond donors (Lipinski definition) is 1. The molecule has 1 atom stereocenters. The first-order valence-corrected chi connectivity index (χ1v) is 7.52. The van der Waals surface area contributed by atoms with Crippen LogP contribution in [0.5, 0.6) is 0 Å². The minimum atomic E-state index is 0.684. The van der Waals surface area contributed by atoms with Gasteiger partial charge in [0.1, 0.15) is 0 Å². The lowest BCUT2D eigenvalue weighted by molar-refractivity contribution is 0.519. The highest BCUT2D eigenvalue weighted by Gasteiger charge is 2.05. The Morgan fingerprint density at radius 1 is 1.25 bits per heavy atom. The van der Waals surface area contributed by atoms with E-state index in [1.807, 2.05) is 11.8 Å². The zero-order valence-electron chi connectivity index (χ0n) is 10.4. The average Bonchev–Trinajstić information content (AvgIpc) is 2.31. The van der Waals surface area contributed by atoms with E-state index in [9.17, 15) is 0 Å². The fourth-order valence-electron chi connectivity index (χ4n) is 1.93. The summed E-state index contributed by atoms with van der Waals surface area (Å²) in [6.45, 7) is 3.26. The Kier molecular flexibility index (Phi) is 7.35. The lowest BCUT2D eigenvalue weighted by atomic mass is 10.1. The molecule has 0 heterocycles. The Morgan fingerprint density at radius 3 is 2.62 bits per heavy atom. The molecule has 0 radical (unpaired) electrons. The van der Waals surface area contributed by atoms with E-state index in [0.29, 0.717) is 6.04 Å². The van der Waals surface area contributed by atoms with Crippen molar-refractivity contribution in [1.29, 1.82) is 0 Å². The number of thioether (sulfide) groups is 1. The van der Waals surface area contributed by atoms with Crippen LogP contribution in [0, 0.1) is 0 Å². The molecule has 0 aliphatic rings.